The molecule has 1 fully saturated rings. The molecule has 5 rings (SSSR count). The molecule has 0 spiro atoms. The van der Waals surface area contributed by atoms with Gasteiger partial charge >= 0.3 is 0 Å². The highest BCUT2D eigenvalue weighted by molar-refractivity contribution is 6.00. The van der Waals surface area contributed by atoms with Crippen LogP contribution in [0.15, 0.2) is 73.3 Å². The number of nitrogens with one attached hydrogen (secondary N) is 1. The van der Waals surface area contributed by atoms with E-state index in [0.29, 0.717) is 13.1 Å². The molecule has 3 aromatic rings. The van der Waals surface area contributed by atoms with Crippen molar-refractivity contribution in [3.8, 4) is 0 Å². The number of benzene rings is 2. The van der Waals surface area contributed by atoms with Crippen molar-refractivity contribution in [2.24, 2.45) is 0 Å². The molecule has 194 valence electrons. The Bertz CT molecular complexity index is 1160. The van der Waals surface area contributed by atoms with Gasteiger partial charge in [0, 0.05) is 63.9 Å². The van der Waals surface area contributed by atoms with Gasteiger partial charge in [-0.1, -0.05) is 48.5 Å². The fourth-order valence-corrected chi connectivity index (χ4v) is 5.31. The van der Waals surface area contributed by atoms with Crippen molar-refractivity contribution in [1.29, 1.82) is 0 Å². The van der Waals surface area contributed by atoms with Gasteiger partial charge in [-0.05, 0) is 36.6 Å². The first-order chi connectivity index (χ1) is 18.2. The lowest BCUT2D eigenvalue weighted by Gasteiger charge is -2.34. The molecule has 1 atom stereocenters. The topological polar surface area (TPSA) is 73.7 Å². The van der Waals surface area contributed by atoms with Gasteiger partial charge in [0.05, 0.1) is 12.7 Å². The molecular weight excluding hydrogens is 464 g/mol. The van der Waals surface area contributed by atoms with Gasteiger partial charge in [-0.15, -0.1) is 0 Å². The largest absolute Gasteiger partial charge is 0.356 e. The monoisotopic (exact) mass is 500 g/mol. The van der Waals surface area contributed by atoms with Crippen LogP contribution >= 0.6 is 0 Å². The second-order valence-electron chi connectivity index (χ2n) is 9.91. The number of piperazine rings is 1. The Morgan fingerprint density at radius 1 is 0.919 bits per heavy atom. The molecule has 0 radical (unpaired) electrons. The predicted octanol–water partition coefficient (Wildman–Crippen LogP) is 2.73. The van der Waals surface area contributed by atoms with Gasteiger partial charge in [0.15, 0.2) is 0 Å². The number of fused-ring (bicyclic) bond motifs is 1. The van der Waals surface area contributed by atoms with Crippen LogP contribution in [-0.4, -0.2) is 77.0 Å². The van der Waals surface area contributed by atoms with E-state index >= 15 is 0 Å². The molecule has 1 saturated heterocycles. The standard InChI is InChI=1S/C29H36N6O2/c36-28(31-12-6-14-32-17-19-33(20-18-32)22-24-7-2-1-3-8-24)21-27(34-16-13-30-23-34)29(37)35-15-11-25-9-4-5-10-26(25)35/h1-5,7-10,13,16,23,27H,6,11-12,14-15,17-22H2,(H,31,36). The van der Waals surface area contributed by atoms with E-state index in [0.717, 1.165) is 57.8 Å². The van der Waals surface area contributed by atoms with Crippen molar-refractivity contribution in [2.45, 2.75) is 31.8 Å². The van der Waals surface area contributed by atoms with Gasteiger partial charge in [0.2, 0.25) is 5.91 Å². The van der Waals surface area contributed by atoms with Gasteiger partial charge in [-0.3, -0.25) is 14.5 Å². The maximum atomic E-state index is 13.5. The summed E-state index contributed by atoms with van der Waals surface area (Å²) >= 11 is 0. The molecule has 8 nitrogen and oxygen atoms in total. The van der Waals surface area contributed by atoms with Crippen LogP contribution in [0.25, 0.3) is 0 Å². The summed E-state index contributed by atoms with van der Waals surface area (Å²) in [4.78, 5) is 37.2. The summed E-state index contributed by atoms with van der Waals surface area (Å²) in [6.07, 6.45) is 6.87. The molecule has 0 saturated carbocycles. The molecule has 2 aromatic carbocycles. The number of carbonyl (C=O) groups is 2. The Labute approximate surface area is 218 Å². The third-order valence-corrected chi connectivity index (χ3v) is 7.39. The Balaban J connectivity index is 1.06. The van der Waals surface area contributed by atoms with E-state index < -0.39 is 6.04 Å². The summed E-state index contributed by atoms with van der Waals surface area (Å²) in [6.45, 7) is 7.46. The lowest BCUT2D eigenvalue weighted by atomic mass is 10.1. The molecule has 2 amide bonds. The minimum Gasteiger partial charge on any atom is -0.356 e. The highest BCUT2D eigenvalue weighted by Gasteiger charge is 2.32. The molecule has 2 aliphatic rings. The average Bonchev–Trinajstić information content (AvgIpc) is 3.61. The summed E-state index contributed by atoms with van der Waals surface area (Å²) in [5.74, 6) is -0.168. The summed E-state index contributed by atoms with van der Waals surface area (Å²) in [7, 11) is 0. The summed E-state index contributed by atoms with van der Waals surface area (Å²) in [6, 6.07) is 18.0. The van der Waals surface area contributed by atoms with Gasteiger partial charge in [0.1, 0.15) is 6.04 Å². The first-order valence-electron chi connectivity index (χ1n) is 13.3. The van der Waals surface area contributed by atoms with Crippen LogP contribution in [0.1, 0.15) is 30.0 Å². The van der Waals surface area contributed by atoms with E-state index in [-0.39, 0.29) is 18.2 Å². The minimum atomic E-state index is -0.605. The molecule has 0 bridgehead atoms. The molecule has 1 aromatic heterocycles. The van der Waals surface area contributed by atoms with Crippen LogP contribution in [0.2, 0.25) is 0 Å². The van der Waals surface area contributed by atoms with Gasteiger partial charge in [0.25, 0.3) is 5.91 Å². The van der Waals surface area contributed by atoms with E-state index in [9.17, 15) is 9.59 Å². The highest BCUT2D eigenvalue weighted by Crippen LogP contribution is 2.30. The van der Waals surface area contributed by atoms with Crippen molar-refractivity contribution < 1.29 is 9.59 Å². The number of carbonyl (C=O) groups excluding carboxylic acids is 2. The van der Waals surface area contributed by atoms with Crippen LogP contribution in [0, 0.1) is 0 Å². The first kappa shape index (κ1) is 25.2. The number of aromatic nitrogens is 2. The van der Waals surface area contributed by atoms with Crippen LogP contribution < -0.4 is 10.2 Å². The van der Waals surface area contributed by atoms with E-state index in [4.69, 9.17) is 0 Å². The van der Waals surface area contributed by atoms with Gasteiger partial charge < -0.3 is 19.7 Å². The first-order valence-corrected chi connectivity index (χ1v) is 13.3. The molecule has 37 heavy (non-hydrogen) atoms. The van der Waals surface area contributed by atoms with E-state index in [1.807, 2.05) is 23.1 Å². The molecule has 8 heteroatoms. The van der Waals surface area contributed by atoms with Crippen molar-refractivity contribution in [2.75, 3.05) is 50.7 Å². The average molecular weight is 501 g/mol. The lowest BCUT2D eigenvalue weighted by Crippen LogP contribution is -2.46. The fraction of sp³-hybridized carbons (Fsp3) is 0.414. The molecule has 2 aliphatic heterocycles. The third-order valence-electron chi connectivity index (χ3n) is 7.39. The Hall–Kier alpha value is -3.49. The fourth-order valence-electron chi connectivity index (χ4n) is 5.31. The number of anilines is 1. The predicted molar refractivity (Wildman–Crippen MR) is 144 cm³/mol. The second kappa shape index (κ2) is 12.2. The zero-order valence-corrected chi connectivity index (χ0v) is 21.3. The van der Waals surface area contributed by atoms with Crippen molar-refractivity contribution in [3.63, 3.8) is 0 Å². The quantitative estimate of drug-likeness (QED) is 0.434. The van der Waals surface area contributed by atoms with E-state index in [1.54, 1.807) is 23.3 Å². The SMILES string of the molecule is O=C(CC(C(=O)N1CCc2ccccc21)n1ccnc1)NCCCN1CCN(Cc2ccccc2)CC1. The smallest absolute Gasteiger partial charge is 0.250 e. The maximum Gasteiger partial charge on any atom is 0.250 e. The van der Waals surface area contributed by atoms with Crippen LogP contribution in [0.5, 0.6) is 0 Å². The number of imidazole rings is 1. The Morgan fingerprint density at radius 2 is 1.68 bits per heavy atom. The van der Waals surface area contributed by atoms with Crippen molar-refractivity contribution in [1.82, 2.24) is 24.7 Å². The van der Waals surface area contributed by atoms with Crippen molar-refractivity contribution in [3.05, 3.63) is 84.4 Å². The number of para-hydroxylation sites is 1. The zero-order valence-electron chi connectivity index (χ0n) is 21.3. The normalized spacial score (nSPS) is 16.9. The number of hydrogen-bond acceptors (Lipinski definition) is 5. The Kier molecular flexibility index (Phi) is 8.28. The van der Waals surface area contributed by atoms with Crippen LogP contribution in [-0.2, 0) is 22.6 Å². The number of amides is 2. The molecular formula is C29H36N6O2. The van der Waals surface area contributed by atoms with Crippen molar-refractivity contribution >= 4 is 17.5 Å². The third kappa shape index (κ3) is 6.45. The molecule has 3 heterocycles. The summed E-state index contributed by atoms with van der Waals surface area (Å²) in [5, 5.41) is 3.04. The molecule has 1 unspecified atom stereocenters. The molecule has 0 aliphatic carbocycles. The van der Waals surface area contributed by atoms with Crippen LogP contribution in [0.4, 0.5) is 5.69 Å². The molecule has 1 N–H and O–H groups in total. The summed E-state index contributed by atoms with van der Waals surface area (Å²) < 4.78 is 1.75. The maximum absolute atomic E-state index is 13.5. The Morgan fingerprint density at radius 3 is 2.46 bits per heavy atom. The van der Waals surface area contributed by atoms with E-state index in [2.05, 4.69) is 56.5 Å². The minimum absolute atomic E-state index is 0.0635. The number of hydrogen-bond donors (Lipinski definition) is 1. The second-order valence-corrected chi connectivity index (χ2v) is 9.91. The van der Waals surface area contributed by atoms with Crippen LogP contribution in [0.3, 0.4) is 0 Å². The number of rotatable bonds is 10. The number of nitrogens with zero attached hydrogens (tertiary/aromatic N) is 5. The van der Waals surface area contributed by atoms with E-state index in [1.165, 1.54) is 11.1 Å². The zero-order chi connectivity index (χ0) is 25.5. The summed E-state index contributed by atoms with van der Waals surface area (Å²) in [5.41, 5.74) is 3.48. The van der Waals surface area contributed by atoms with Gasteiger partial charge in [-0.25, -0.2) is 4.98 Å². The van der Waals surface area contributed by atoms with Gasteiger partial charge in [-0.2, -0.15) is 0 Å². The lowest BCUT2D eigenvalue weighted by molar-refractivity contribution is -0.128. The highest BCUT2D eigenvalue weighted by atomic mass is 16.2.